The molecule has 16 heteroatoms. The molecule has 52 heavy (non-hydrogen) atoms. The molecule has 0 amide bonds. The lowest BCUT2D eigenvalue weighted by Gasteiger charge is -2.20. The van der Waals surface area contributed by atoms with Gasteiger partial charge in [-0.1, -0.05) is 24.3 Å². The number of hydrogen-bond acceptors (Lipinski definition) is 15. The summed E-state index contributed by atoms with van der Waals surface area (Å²) in [6.45, 7) is 1.14. The van der Waals surface area contributed by atoms with E-state index in [1.807, 2.05) is 0 Å². The monoisotopic (exact) mass is 714 g/mol. The Morgan fingerprint density at radius 3 is 1.40 bits per heavy atom. The van der Waals surface area contributed by atoms with Crippen molar-refractivity contribution < 1.29 is 43.0 Å². The standard InChI is InChI=1S/C36H38N6O10/c1-23-12-13-24(16-32(23)42(47)48)25-14-30(28-10-6-8-26(37-28)17-40(19-33(43)49-2)20-34(44)50-3)39-31(15-25)29-11-7-9-27(38-29)18-41(21-35(45)51-4)22-36(46)52-5/h6-16H,17-22H2,1-5H3. The van der Waals surface area contributed by atoms with Crippen molar-refractivity contribution in [2.45, 2.75) is 20.0 Å². The smallest absolute Gasteiger partial charge is 0.319 e. The highest BCUT2D eigenvalue weighted by molar-refractivity contribution is 5.77. The Morgan fingerprint density at radius 1 is 0.596 bits per heavy atom. The Labute approximate surface area is 299 Å². The Bertz CT molecular complexity index is 1810. The van der Waals surface area contributed by atoms with Crippen LogP contribution in [-0.4, -0.2) is 108 Å². The van der Waals surface area contributed by atoms with Gasteiger partial charge in [-0.25, -0.2) is 15.0 Å². The number of esters is 4. The molecule has 0 spiro atoms. The molecule has 0 radical (unpaired) electrons. The van der Waals surface area contributed by atoms with Crippen LogP contribution < -0.4 is 0 Å². The summed E-state index contributed by atoms with van der Waals surface area (Å²) in [5.74, 6) is -2.17. The van der Waals surface area contributed by atoms with Crippen molar-refractivity contribution in [1.82, 2.24) is 24.8 Å². The Morgan fingerprint density at radius 2 is 1.02 bits per heavy atom. The fraction of sp³-hybridized carbons (Fsp3) is 0.306. The van der Waals surface area contributed by atoms with E-state index in [1.165, 1.54) is 44.3 Å². The van der Waals surface area contributed by atoms with Crippen molar-refractivity contribution in [3.05, 3.63) is 93.8 Å². The van der Waals surface area contributed by atoms with Crippen molar-refractivity contribution >= 4 is 29.6 Å². The molecule has 0 bridgehead atoms. The summed E-state index contributed by atoms with van der Waals surface area (Å²) in [6, 6.07) is 18.9. The Hall–Kier alpha value is -6.13. The molecule has 0 saturated heterocycles. The average Bonchev–Trinajstić information content (AvgIpc) is 3.14. The SMILES string of the molecule is COC(=O)CN(CC(=O)OC)Cc1cccc(-c2cc(-c3ccc(C)c([N+](=O)[O-])c3)cc(-c3cccc(CN(CC(=O)OC)CC(=O)OC)n3)n2)n1. The molecule has 0 aliphatic carbocycles. The highest BCUT2D eigenvalue weighted by Crippen LogP contribution is 2.32. The van der Waals surface area contributed by atoms with Crippen molar-refractivity contribution in [1.29, 1.82) is 0 Å². The largest absolute Gasteiger partial charge is 0.468 e. The minimum atomic E-state index is -0.542. The molecule has 4 rings (SSSR count). The van der Waals surface area contributed by atoms with Crippen LogP contribution in [0.15, 0.2) is 66.7 Å². The average molecular weight is 715 g/mol. The van der Waals surface area contributed by atoms with E-state index in [0.29, 0.717) is 50.9 Å². The predicted molar refractivity (Wildman–Crippen MR) is 186 cm³/mol. The van der Waals surface area contributed by atoms with E-state index in [0.717, 1.165) is 0 Å². The lowest BCUT2D eigenvalue weighted by atomic mass is 10.0. The summed E-state index contributed by atoms with van der Waals surface area (Å²) in [6.07, 6.45) is 0. The molecular formula is C36H38N6O10. The molecule has 4 aromatic rings. The second-order valence-electron chi connectivity index (χ2n) is 11.5. The molecule has 0 unspecified atom stereocenters. The predicted octanol–water partition coefficient (Wildman–Crippen LogP) is 3.39. The number of nitrogens with zero attached hydrogens (tertiary/aromatic N) is 6. The van der Waals surface area contributed by atoms with Gasteiger partial charge in [0, 0.05) is 24.7 Å². The van der Waals surface area contributed by atoms with Crippen LogP contribution in [0.1, 0.15) is 17.0 Å². The number of pyridine rings is 3. The fourth-order valence-corrected chi connectivity index (χ4v) is 5.15. The summed E-state index contributed by atoms with van der Waals surface area (Å²) in [5, 5.41) is 11.8. The van der Waals surface area contributed by atoms with Gasteiger partial charge in [0.15, 0.2) is 0 Å². The number of ether oxygens (including phenoxy) is 4. The van der Waals surface area contributed by atoms with Crippen LogP contribution >= 0.6 is 0 Å². The Balaban J connectivity index is 1.79. The van der Waals surface area contributed by atoms with E-state index < -0.39 is 28.8 Å². The number of aromatic nitrogens is 3. The number of benzene rings is 1. The molecule has 16 nitrogen and oxygen atoms in total. The van der Waals surface area contributed by atoms with Crippen molar-refractivity contribution in [3.8, 4) is 33.9 Å². The van der Waals surface area contributed by atoms with Crippen molar-refractivity contribution in [2.75, 3.05) is 54.6 Å². The first kappa shape index (κ1) is 38.7. The maximum Gasteiger partial charge on any atom is 0.319 e. The van der Waals surface area contributed by atoms with Crippen LogP contribution in [0.4, 0.5) is 5.69 Å². The van der Waals surface area contributed by atoms with Crippen LogP contribution in [0.25, 0.3) is 33.9 Å². The summed E-state index contributed by atoms with van der Waals surface area (Å²) < 4.78 is 19.1. The van der Waals surface area contributed by atoms with Gasteiger partial charge in [0.1, 0.15) is 0 Å². The number of nitro groups is 1. The number of carbonyl (C=O) groups is 4. The number of carbonyl (C=O) groups excluding carboxylic acids is 4. The van der Waals surface area contributed by atoms with E-state index in [1.54, 1.807) is 67.6 Å². The van der Waals surface area contributed by atoms with Gasteiger partial charge in [0.2, 0.25) is 0 Å². The van der Waals surface area contributed by atoms with Gasteiger partial charge in [-0.2, -0.15) is 0 Å². The second-order valence-corrected chi connectivity index (χ2v) is 11.5. The first-order chi connectivity index (χ1) is 24.9. The lowest BCUT2D eigenvalue weighted by Crippen LogP contribution is -2.35. The summed E-state index contributed by atoms with van der Waals surface area (Å²) >= 11 is 0. The number of rotatable bonds is 16. The lowest BCUT2D eigenvalue weighted by molar-refractivity contribution is -0.385. The molecule has 0 saturated carbocycles. The molecule has 3 heterocycles. The third-order valence-corrected chi connectivity index (χ3v) is 7.80. The molecule has 0 aliphatic rings. The minimum absolute atomic E-state index is 0.0507. The van der Waals surface area contributed by atoms with Crippen LogP contribution in [0.3, 0.4) is 0 Å². The summed E-state index contributed by atoms with van der Waals surface area (Å²) in [4.78, 5) is 77.2. The number of aryl methyl sites for hydroxylation is 1. The van der Waals surface area contributed by atoms with Gasteiger partial charge in [0.25, 0.3) is 5.69 Å². The highest BCUT2D eigenvalue weighted by Gasteiger charge is 2.20. The van der Waals surface area contributed by atoms with E-state index in [-0.39, 0.29) is 45.0 Å². The molecule has 0 N–H and O–H groups in total. The van der Waals surface area contributed by atoms with Gasteiger partial charge in [0.05, 0.1) is 93.7 Å². The maximum atomic E-state index is 12.1. The molecule has 1 aromatic carbocycles. The summed E-state index contributed by atoms with van der Waals surface area (Å²) in [7, 11) is 5.01. The van der Waals surface area contributed by atoms with Gasteiger partial charge in [-0.05, 0) is 54.4 Å². The molecule has 272 valence electrons. The van der Waals surface area contributed by atoms with E-state index in [4.69, 9.17) is 33.9 Å². The zero-order valence-corrected chi connectivity index (χ0v) is 29.4. The molecule has 3 aromatic heterocycles. The van der Waals surface area contributed by atoms with E-state index in [9.17, 15) is 29.3 Å². The number of methoxy groups -OCH3 is 4. The highest BCUT2D eigenvalue weighted by atomic mass is 16.6. The fourth-order valence-electron chi connectivity index (χ4n) is 5.15. The van der Waals surface area contributed by atoms with Crippen LogP contribution in [0.5, 0.6) is 0 Å². The molecule has 0 atom stereocenters. The maximum absolute atomic E-state index is 12.1. The zero-order chi connectivity index (χ0) is 37.8. The van der Waals surface area contributed by atoms with Gasteiger partial charge < -0.3 is 18.9 Å². The first-order valence-electron chi connectivity index (χ1n) is 15.8. The zero-order valence-electron chi connectivity index (χ0n) is 29.4. The Kier molecular flexibility index (Phi) is 13.5. The number of hydrogen-bond donors (Lipinski definition) is 0. The quantitative estimate of drug-likeness (QED) is 0.0709. The first-order valence-corrected chi connectivity index (χ1v) is 15.8. The van der Waals surface area contributed by atoms with Gasteiger partial charge >= 0.3 is 23.9 Å². The third kappa shape index (κ3) is 10.7. The van der Waals surface area contributed by atoms with Crippen LogP contribution in [0, 0.1) is 17.0 Å². The topological polar surface area (TPSA) is 193 Å². The van der Waals surface area contributed by atoms with Crippen LogP contribution in [-0.2, 0) is 51.2 Å². The van der Waals surface area contributed by atoms with Gasteiger partial charge in [-0.15, -0.1) is 0 Å². The normalized spacial score (nSPS) is 10.9. The summed E-state index contributed by atoms with van der Waals surface area (Å²) in [5.41, 5.74) is 4.34. The van der Waals surface area contributed by atoms with Gasteiger partial charge in [-0.3, -0.25) is 39.1 Å². The van der Waals surface area contributed by atoms with Crippen molar-refractivity contribution in [2.24, 2.45) is 0 Å². The molecule has 0 fully saturated rings. The second kappa shape index (κ2) is 18.2. The van der Waals surface area contributed by atoms with Crippen LogP contribution in [0.2, 0.25) is 0 Å². The molecule has 0 aliphatic heterocycles. The van der Waals surface area contributed by atoms with E-state index >= 15 is 0 Å². The number of nitro benzene ring substituents is 1. The van der Waals surface area contributed by atoms with Crippen molar-refractivity contribution in [3.63, 3.8) is 0 Å². The minimum Gasteiger partial charge on any atom is -0.468 e. The van der Waals surface area contributed by atoms with E-state index in [2.05, 4.69) is 0 Å². The third-order valence-electron chi connectivity index (χ3n) is 7.80. The molecular weight excluding hydrogens is 676 g/mol.